The summed E-state index contributed by atoms with van der Waals surface area (Å²) in [7, 11) is 0. The van der Waals surface area contributed by atoms with Crippen molar-refractivity contribution < 1.29 is 5.11 Å². The number of hydrogen-bond acceptors (Lipinski definition) is 5. The normalized spacial score (nSPS) is 20.2. The second-order valence-electron chi connectivity index (χ2n) is 4.92. The molecule has 1 fully saturated rings. The number of nitrogens with two attached hydrogens (primary N) is 1. The van der Waals surface area contributed by atoms with Gasteiger partial charge in [-0.2, -0.15) is 5.10 Å². The van der Waals surface area contributed by atoms with E-state index in [9.17, 15) is 0 Å². The van der Waals surface area contributed by atoms with Gasteiger partial charge in [0.05, 0.1) is 13.0 Å². The van der Waals surface area contributed by atoms with Gasteiger partial charge in [-0.05, 0) is 6.92 Å². The average molecular weight is 279 g/mol. The number of aromatic amines is 1. The molecule has 0 spiro atoms. The molecule has 1 aliphatic rings. The van der Waals surface area contributed by atoms with Gasteiger partial charge < -0.3 is 21.1 Å². The van der Waals surface area contributed by atoms with Crippen LogP contribution in [0.5, 0.6) is 0 Å². The fraction of sp³-hybridized carbons (Fsp3) is 0.583. The van der Waals surface area contributed by atoms with Crippen molar-refractivity contribution in [3.8, 4) is 0 Å². The molecule has 1 aromatic rings. The lowest BCUT2D eigenvalue weighted by Gasteiger charge is -2.34. The summed E-state index contributed by atoms with van der Waals surface area (Å²) >= 11 is 0. The smallest absolute Gasteiger partial charge is 0.175 e. The SMILES string of the molecule is Cc1cc(N=C(N)CC(=N)N2CCNC(CO)C2)n[nH]1. The fourth-order valence-corrected chi connectivity index (χ4v) is 2.12. The van der Waals surface area contributed by atoms with E-state index in [2.05, 4.69) is 20.5 Å². The van der Waals surface area contributed by atoms with E-state index < -0.39 is 0 Å². The van der Waals surface area contributed by atoms with Crippen LogP contribution in [-0.4, -0.2) is 64.2 Å². The highest BCUT2D eigenvalue weighted by molar-refractivity contribution is 6.01. The molecule has 0 radical (unpaired) electrons. The van der Waals surface area contributed by atoms with Crippen LogP contribution in [-0.2, 0) is 0 Å². The maximum atomic E-state index is 9.15. The van der Waals surface area contributed by atoms with E-state index in [0.29, 0.717) is 24.0 Å². The molecule has 0 amide bonds. The van der Waals surface area contributed by atoms with Crippen LogP contribution in [0.2, 0.25) is 0 Å². The van der Waals surface area contributed by atoms with Crippen LogP contribution in [0.4, 0.5) is 5.82 Å². The molecule has 1 atom stereocenters. The van der Waals surface area contributed by atoms with Crippen LogP contribution >= 0.6 is 0 Å². The molecular weight excluding hydrogens is 258 g/mol. The predicted octanol–water partition coefficient (Wildman–Crippen LogP) is -0.660. The maximum Gasteiger partial charge on any atom is 0.175 e. The van der Waals surface area contributed by atoms with Crippen molar-refractivity contribution in [2.45, 2.75) is 19.4 Å². The highest BCUT2D eigenvalue weighted by Gasteiger charge is 2.20. The number of piperazine rings is 1. The third-order valence-corrected chi connectivity index (χ3v) is 3.16. The zero-order valence-corrected chi connectivity index (χ0v) is 11.6. The van der Waals surface area contributed by atoms with Crippen molar-refractivity contribution >= 4 is 17.5 Å². The van der Waals surface area contributed by atoms with Crippen LogP contribution < -0.4 is 11.1 Å². The Morgan fingerprint density at radius 3 is 3.15 bits per heavy atom. The third kappa shape index (κ3) is 3.78. The number of aromatic nitrogens is 2. The highest BCUT2D eigenvalue weighted by atomic mass is 16.3. The number of aliphatic hydroxyl groups is 1. The number of rotatable bonds is 4. The number of amidine groups is 2. The van der Waals surface area contributed by atoms with Crippen LogP contribution in [0.25, 0.3) is 0 Å². The molecule has 2 rings (SSSR count). The number of aliphatic hydroxyl groups excluding tert-OH is 1. The highest BCUT2D eigenvalue weighted by Crippen LogP contribution is 2.09. The molecule has 1 aromatic heterocycles. The van der Waals surface area contributed by atoms with E-state index in [-0.39, 0.29) is 19.1 Å². The first-order chi connectivity index (χ1) is 9.58. The van der Waals surface area contributed by atoms with Crippen LogP contribution in [0.1, 0.15) is 12.1 Å². The Labute approximate surface area is 117 Å². The molecular formula is C12H21N7O. The second-order valence-corrected chi connectivity index (χ2v) is 4.92. The molecule has 2 heterocycles. The summed E-state index contributed by atoms with van der Waals surface area (Å²) in [4.78, 5) is 6.09. The Hall–Kier alpha value is -1.93. The molecule has 0 saturated carbocycles. The van der Waals surface area contributed by atoms with Crippen LogP contribution in [0, 0.1) is 12.3 Å². The lowest BCUT2D eigenvalue weighted by Crippen LogP contribution is -2.54. The predicted molar refractivity (Wildman–Crippen MR) is 77.4 cm³/mol. The summed E-state index contributed by atoms with van der Waals surface area (Å²) in [6.45, 7) is 4.07. The minimum atomic E-state index is 0.0104. The minimum Gasteiger partial charge on any atom is -0.395 e. The van der Waals surface area contributed by atoms with Crippen molar-refractivity contribution in [3.05, 3.63) is 11.8 Å². The van der Waals surface area contributed by atoms with Gasteiger partial charge in [0.25, 0.3) is 0 Å². The topological polar surface area (TPSA) is 126 Å². The first-order valence-electron chi connectivity index (χ1n) is 6.60. The molecule has 110 valence electrons. The molecule has 1 unspecified atom stereocenters. The second kappa shape index (κ2) is 6.49. The van der Waals surface area contributed by atoms with Gasteiger partial charge in [-0.15, -0.1) is 0 Å². The summed E-state index contributed by atoms with van der Waals surface area (Å²) in [6.07, 6.45) is 0.282. The maximum absolute atomic E-state index is 9.15. The minimum absolute atomic E-state index is 0.0104. The number of aryl methyl sites for hydroxylation is 1. The van der Waals surface area contributed by atoms with Crippen molar-refractivity contribution in [1.29, 1.82) is 5.41 Å². The number of hydrogen-bond donors (Lipinski definition) is 5. The molecule has 8 nitrogen and oxygen atoms in total. The monoisotopic (exact) mass is 279 g/mol. The largest absolute Gasteiger partial charge is 0.395 e. The number of nitrogens with one attached hydrogen (secondary N) is 3. The van der Waals surface area contributed by atoms with Gasteiger partial charge in [0.1, 0.15) is 11.7 Å². The first-order valence-corrected chi connectivity index (χ1v) is 6.60. The van der Waals surface area contributed by atoms with Gasteiger partial charge in [0.15, 0.2) is 5.82 Å². The van der Waals surface area contributed by atoms with Gasteiger partial charge in [0, 0.05) is 37.4 Å². The van der Waals surface area contributed by atoms with Crippen molar-refractivity contribution in [3.63, 3.8) is 0 Å². The van der Waals surface area contributed by atoms with Crippen LogP contribution in [0.15, 0.2) is 11.1 Å². The molecule has 0 aliphatic carbocycles. The summed E-state index contributed by atoms with van der Waals surface area (Å²) < 4.78 is 0. The lowest BCUT2D eigenvalue weighted by molar-refractivity contribution is 0.190. The molecule has 6 N–H and O–H groups in total. The van der Waals surface area contributed by atoms with Gasteiger partial charge in [-0.25, -0.2) is 4.99 Å². The van der Waals surface area contributed by atoms with E-state index in [4.69, 9.17) is 16.2 Å². The number of H-pyrrole nitrogens is 1. The van der Waals surface area contributed by atoms with Crippen molar-refractivity contribution in [2.24, 2.45) is 10.7 Å². The quantitative estimate of drug-likeness (QED) is 0.369. The van der Waals surface area contributed by atoms with Crippen molar-refractivity contribution in [1.82, 2.24) is 20.4 Å². The first kappa shape index (κ1) is 14.5. The summed E-state index contributed by atoms with van der Waals surface area (Å²) in [6, 6.07) is 1.81. The van der Waals surface area contributed by atoms with E-state index in [1.54, 1.807) is 6.07 Å². The van der Waals surface area contributed by atoms with E-state index in [0.717, 1.165) is 18.8 Å². The van der Waals surface area contributed by atoms with E-state index in [1.165, 1.54) is 0 Å². The van der Waals surface area contributed by atoms with E-state index >= 15 is 0 Å². The third-order valence-electron chi connectivity index (χ3n) is 3.16. The fourth-order valence-electron chi connectivity index (χ4n) is 2.12. The van der Waals surface area contributed by atoms with Gasteiger partial charge >= 0.3 is 0 Å². The summed E-state index contributed by atoms with van der Waals surface area (Å²) in [5, 5.41) is 27.2. The number of nitrogens with zero attached hydrogens (tertiary/aromatic N) is 3. The molecule has 1 aliphatic heterocycles. The lowest BCUT2D eigenvalue weighted by atomic mass is 10.2. The average Bonchev–Trinajstić information content (AvgIpc) is 2.83. The van der Waals surface area contributed by atoms with Crippen LogP contribution in [0.3, 0.4) is 0 Å². The standard InChI is InChI=1S/C12H21N7O/c1-8-4-12(18-17-8)16-10(13)5-11(14)19-3-2-15-9(6-19)7-20/h4,9,14-15,20H,2-3,5-7H2,1H3,(H3,13,16,17,18). The Morgan fingerprint density at radius 2 is 2.50 bits per heavy atom. The Morgan fingerprint density at radius 1 is 1.70 bits per heavy atom. The van der Waals surface area contributed by atoms with Gasteiger partial charge in [0.2, 0.25) is 0 Å². The summed E-state index contributed by atoms with van der Waals surface area (Å²) in [5.74, 6) is 1.31. The molecule has 8 heteroatoms. The summed E-state index contributed by atoms with van der Waals surface area (Å²) in [5.41, 5.74) is 6.77. The Kier molecular flexibility index (Phi) is 4.70. The molecule has 20 heavy (non-hydrogen) atoms. The van der Waals surface area contributed by atoms with Gasteiger partial charge in [-0.3, -0.25) is 10.5 Å². The number of aliphatic imine (C=N–C) groups is 1. The van der Waals surface area contributed by atoms with E-state index in [1.807, 2.05) is 11.8 Å². The van der Waals surface area contributed by atoms with Gasteiger partial charge in [-0.1, -0.05) is 0 Å². The van der Waals surface area contributed by atoms with Crippen molar-refractivity contribution in [2.75, 3.05) is 26.2 Å². The Bertz CT molecular complexity index is 496. The Balaban J connectivity index is 1.91. The molecule has 1 saturated heterocycles. The zero-order chi connectivity index (χ0) is 14.5. The molecule has 0 aromatic carbocycles. The molecule has 0 bridgehead atoms. The zero-order valence-electron chi connectivity index (χ0n) is 11.6.